The Kier molecular flexibility index (Phi) is 5.57. The lowest BCUT2D eigenvalue weighted by Crippen LogP contribution is -2.33. The molecule has 0 saturated carbocycles. The van der Waals surface area contributed by atoms with Crippen molar-refractivity contribution in [1.82, 2.24) is 5.09 Å². The van der Waals surface area contributed by atoms with Gasteiger partial charge in [0.2, 0.25) is 0 Å². The molecule has 0 saturated heterocycles. The van der Waals surface area contributed by atoms with E-state index in [1.165, 1.54) is 0 Å². The zero-order valence-corrected chi connectivity index (χ0v) is 10.4. The highest BCUT2D eigenvalue weighted by Crippen LogP contribution is 2.18. The van der Waals surface area contributed by atoms with Crippen molar-refractivity contribution >= 4 is 14.3 Å². The van der Waals surface area contributed by atoms with Crippen molar-refractivity contribution in [3.63, 3.8) is 0 Å². The van der Waals surface area contributed by atoms with E-state index in [0.717, 1.165) is 0 Å². The lowest BCUT2D eigenvalue weighted by molar-refractivity contribution is -0.147. The fraction of sp³-hybridized carbons (Fsp3) is 0.889. The molecule has 0 aromatic rings. The Morgan fingerprint density at radius 1 is 1.57 bits per heavy atom. The van der Waals surface area contributed by atoms with Crippen LogP contribution < -0.4 is 5.09 Å². The molecular weight excluding hydrogens is 201 g/mol. The lowest BCUT2D eigenvalue weighted by Gasteiger charge is -2.20. The van der Waals surface area contributed by atoms with Gasteiger partial charge in [-0.1, -0.05) is 20.8 Å². The monoisotopic (exact) mass is 221 g/mol. The molecule has 5 heteroatoms. The van der Waals surface area contributed by atoms with Crippen molar-refractivity contribution in [3.8, 4) is 0 Å². The number of hydrogen-bond donors (Lipinski definition) is 2. The van der Waals surface area contributed by atoms with Gasteiger partial charge in [0.25, 0.3) is 0 Å². The Labute approximate surface area is 86.9 Å². The normalized spacial score (nSPS) is 16.1. The lowest BCUT2D eigenvalue weighted by atomic mass is 9.99. The summed E-state index contributed by atoms with van der Waals surface area (Å²) in [4.78, 5) is 20.4. The zero-order valence-electron chi connectivity index (χ0n) is 9.50. The van der Waals surface area contributed by atoms with Gasteiger partial charge in [0.1, 0.15) is 6.04 Å². The first kappa shape index (κ1) is 13.8. The fourth-order valence-electron chi connectivity index (χ4n) is 0.746. The predicted molar refractivity (Wildman–Crippen MR) is 58.1 cm³/mol. The molecular formula is C9H20NO3P. The van der Waals surface area contributed by atoms with Crippen molar-refractivity contribution in [3.05, 3.63) is 0 Å². The molecule has 84 valence electrons. The van der Waals surface area contributed by atoms with E-state index >= 15 is 0 Å². The molecule has 2 atom stereocenters. The number of ether oxygens (including phenoxy) is 1. The van der Waals surface area contributed by atoms with Gasteiger partial charge in [0, 0.05) is 0 Å². The average molecular weight is 221 g/mol. The van der Waals surface area contributed by atoms with Crippen LogP contribution in [0.15, 0.2) is 0 Å². The van der Waals surface area contributed by atoms with Crippen molar-refractivity contribution in [1.29, 1.82) is 0 Å². The minimum atomic E-state index is -1.26. The van der Waals surface area contributed by atoms with Crippen molar-refractivity contribution in [2.24, 2.45) is 5.41 Å². The molecule has 0 heterocycles. The summed E-state index contributed by atoms with van der Waals surface area (Å²) >= 11 is 0. The highest BCUT2D eigenvalue weighted by molar-refractivity contribution is 7.48. The van der Waals surface area contributed by atoms with Crippen LogP contribution >= 0.6 is 8.30 Å². The minimum Gasteiger partial charge on any atom is -0.464 e. The van der Waals surface area contributed by atoms with E-state index in [1.807, 2.05) is 20.8 Å². The fourth-order valence-corrected chi connectivity index (χ4v) is 1.41. The summed E-state index contributed by atoms with van der Waals surface area (Å²) in [6.45, 7) is 9.69. The van der Waals surface area contributed by atoms with Crippen molar-refractivity contribution < 1.29 is 14.4 Å². The predicted octanol–water partition coefficient (Wildman–Crippen LogP) is 1.49. The molecule has 2 N–H and O–H groups in total. The largest absolute Gasteiger partial charge is 0.464 e. The third-order valence-corrected chi connectivity index (χ3v) is 2.14. The Morgan fingerprint density at radius 3 is 2.43 bits per heavy atom. The van der Waals surface area contributed by atoms with Gasteiger partial charge in [-0.05, 0) is 19.0 Å². The first-order chi connectivity index (χ1) is 6.22. The van der Waals surface area contributed by atoms with Crippen LogP contribution in [0, 0.1) is 5.41 Å². The Morgan fingerprint density at radius 2 is 2.07 bits per heavy atom. The number of hydrogen-bond acceptors (Lipinski definition) is 4. The van der Waals surface area contributed by atoms with Gasteiger partial charge >= 0.3 is 5.97 Å². The smallest absolute Gasteiger partial charge is 0.323 e. The van der Waals surface area contributed by atoms with Gasteiger partial charge in [-0.3, -0.25) is 9.88 Å². The molecule has 0 aliphatic carbocycles. The summed E-state index contributed by atoms with van der Waals surface area (Å²) in [5.41, 5.74) is -0.0223. The van der Waals surface area contributed by atoms with E-state index in [4.69, 9.17) is 9.63 Å². The van der Waals surface area contributed by atoms with Crippen LogP contribution in [0.3, 0.4) is 0 Å². The van der Waals surface area contributed by atoms with E-state index < -0.39 is 14.3 Å². The SMILES string of the molecule is CC(NP(C)O)C(=O)OCC(C)(C)C. The number of nitrogens with one attached hydrogen (secondary N) is 1. The van der Waals surface area contributed by atoms with E-state index in [2.05, 4.69) is 5.09 Å². The van der Waals surface area contributed by atoms with Crippen molar-refractivity contribution in [2.75, 3.05) is 13.3 Å². The maximum absolute atomic E-state index is 11.3. The molecule has 14 heavy (non-hydrogen) atoms. The van der Waals surface area contributed by atoms with Crippen LogP contribution in [-0.4, -0.2) is 30.2 Å². The standard InChI is InChI=1S/C9H20NO3P/c1-7(10-14(5)12)8(11)13-6-9(2,3)4/h7,10,12H,6H2,1-5H3. The Hall–Kier alpha value is -0.180. The maximum Gasteiger partial charge on any atom is 0.323 e. The summed E-state index contributed by atoms with van der Waals surface area (Å²) in [6.07, 6.45) is 0. The number of carbonyl (C=O) groups is 1. The van der Waals surface area contributed by atoms with Crippen LogP contribution in [0.4, 0.5) is 0 Å². The van der Waals surface area contributed by atoms with Gasteiger partial charge in [0.05, 0.1) is 14.9 Å². The van der Waals surface area contributed by atoms with Gasteiger partial charge in [-0.25, -0.2) is 0 Å². The first-order valence-electron chi connectivity index (χ1n) is 4.58. The van der Waals surface area contributed by atoms with Crippen molar-refractivity contribution in [2.45, 2.75) is 33.7 Å². The number of carbonyl (C=O) groups excluding carboxylic acids is 1. The van der Waals surface area contributed by atoms with E-state index in [9.17, 15) is 4.79 Å². The molecule has 0 aliphatic rings. The summed E-state index contributed by atoms with van der Waals surface area (Å²) in [6, 6.07) is -0.446. The van der Waals surface area contributed by atoms with Crippen LogP contribution in [0.2, 0.25) is 0 Å². The summed E-state index contributed by atoms with van der Waals surface area (Å²) in [5.74, 6) is -0.316. The quantitative estimate of drug-likeness (QED) is 0.557. The van der Waals surface area contributed by atoms with Gasteiger partial charge in [0.15, 0.2) is 0 Å². The van der Waals surface area contributed by atoms with E-state index in [1.54, 1.807) is 13.6 Å². The highest BCUT2D eigenvalue weighted by Gasteiger charge is 2.19. The first-order valence-corrected chi connectivity index (χ1v) is 6.32. The molecule has 0 bridgehead atoms. The third-order valence-electron chi connectivity index (χ3n) is 1.38. The van der Waals surface area contributed by atoms with E-state index in [-0.39, 0.29) is 11.4 Å². The number of esters is 1. The number of rotatable bonds is 4. The second-order valence-electron chi connectivity index (χ2n) is 4.54. The molecule has 0 spiro atoms. The second kappa shape index (κ2) is 5.64. The molecule has 0 fully saturated rings. The molecule has 0 aliphatic heterocycles. The van der Waals surface area contributed by atoms with Gasteiger partial charge in [-0.2, -0.15) is 0 Å². The maximum atomic E-state index is 11.3. The van der Waals surface area contributed by atoms with Crippen LogP contribution in [0.25, 0.3) is 0 Å². The molecule has 0 radical (unpaired) electrons. The second-order valence-corrected chi connectivity index (χ2v) is 5.85. The third kappa shape index (κ3) is 7.25. The molecule has 4 nitrogen and oxygen atoms in total. The van der Waals surface area contributed by atoms with Gasteiger partial charge < -0.3 is 9.63 Å². The summed E-state index contributed by atoms with van der Waals surface area (Å²) in [7, 11) is -1.26. The minimum absolute atomic E-state index is 0.0223. The topological polar surface area (TPSA) is 58.6 Å². The Balaban J connectivity index is 3.85. The molecule has 2 unspecified atom stereocenters. The summed E-state index contributed by atoms with van der Waals surface area (Å²) in [5, 5.41) is 2.72. The molecule has 0 aromatic carbocycles. The zero-order chi connectivity index (χ0) is 11.4. The van der Waals surface area contributed by atoms with Gasteiger partial charge in [-0.15, -0.1) is 0 Å². The van der Waals surface area contributed by atoms with Crippen LogP contribution in [0.1, 0.15) is 27.7 Å². The molecule has 0 rings (SSSR count). The molecule has 0 aromatic heterocycles. The molecule has 0 amide bonds. The van der Waals surface area contributed by atoms with Crippen LogP contribution in [0.5, 0.6) is 0 Å². The average Bonchev–Trinajstić information content (AvgIpc) is 1.97. The van der Waals surface area contributed by atoms with E-state index in [0.29, 0.717) is 6.61 Å². The summed E-state index contributed by atoms with van der Waals surface area (Å²) < 4.78 is 5.07. The Bertz CT molecular complexity index is 189. The highest BCUT2D eigenvalue weighted by atomic mass is 31.2. The van der Waals surface area contributed by atoms with Crippen LogP contribution in [-0.2, 0) is 9.53 Å².